The Kier molecular flexibility index (Phi) is 3.52. The van der Waals surface area contributed by atoms with Crippen LogP contribution in [0.25, 0.3) is 4.96 Å². The number of rotatable bonds is 2. The number of aromatic nitrogens is 2. The number of hydrogen-bond donors (Lipinski definition) is 1. The maximum Gasteiger partial charge on any atom is 0.228 e. The van der Waals surface area contributed by atoms with E-state index < -0.39 is 5.60 Å². The van der Waals surface area contributed by atoms with Gasteiger partial charge < -0.3 is 10.0 Å². The Morgan fingerprint density at radius 3 is 3.15 bits per heavy atom. The lowest BCUT2D eigenvalue weighted by Crippen LogP contribution is -2.34. The lowest BCUT2D eigenvalue weighted by atomic mass is 9.98. The van der Waals surface area contributed by atoms with Gasteiger partial charge in [0.25, 0.3) is 0 Å². The first-order valence-electron chi connectivity index (χ1n) is 6.95. The number of hydrogen-bond acceptors (Lipinski definition) is 4. The van der Waals surface area contributed by atoms with Gasteiger partial charge in [0.1, 0.15) is 0 Å². The second kappa shape index (κ2) is 5.18. The zero-order chi connectivity index (χ0) is 14.2. The third-order valence-corrected chi connectivity index (χ3v) is 4.66. The Bertz CT molecular complexity index is 588. The number of thiazole rings is 1. The zero-order valence-corrected chi connectivity index (χ0v) is 12.4. The molecule has 2 aromatic rings. The summed E-state index contributed by atoms with van der Waals surface area (Å²) in [5.74, 6) is 0.105. The van der Waals surface area contributed by atoms with Crippen molar-refractivity contribution in [2.75, 3.05) is 13.1 Å². The van der Waals surface area contributed by atoms with E-state index in [1.165, 1.54) is 0 Å². The van der Waals surface area contributed by atoms with Gasteiger partial charge in [-0.25, -0.2) is 4.98 Å². The molecule has 1 aliphatic rings. The predicted octanol–water partition coefficient (Wildman–Crippen LogP) is 1.70. The molecule has 2 aromatic heterocycles. The largest absolute Gasteiger partial charge is 0.390 e. The molecule has 3 rings (SSSR count). The normalized spacial score (nSPS) is 24.0. The first kappa shape index (κ1) is 13.6. The molecule has 1 amide bonds. The lowest BCUT2D eigenvalue weighted by molar-refractivity contribution is -0.130. The minimum absolute atomic E-state index is 0.105. The van der Waals surface area contributed by atoms with E-state index in [4.69, 9.17) is 0 Å². The van der Waals surface area contributed by atoms with Crippen LogP contribution in [0.3, 0.4) is 0 Å². The molecular formula is C14H19N3O2S. The van der Waals surface area contributed by atoms with Crippen molar-refractivity contribution in [3.8, 4) is 0 Å². The summed E-state index contributed by atoms with van der Waals surface area (Å²) in [4.78, 5) is 19.6. The number of likely N-dealkylation sites (tertiary alicyclic amines) is 1. The van der Waals surface area contributed by atoms with Gasteiger partial charge in [-0.1, -0.05) is 0 Å². The van der Waals surface area contributed by atoms with Crippen LogP contribution in [0.5, 0.6) is 0 Å². The third kappa shape index (κ3) is 2.86. The van der Waals surface area contributed by atoms with E-state index in [0.717, 1.165) is 30.0 Å². The molecule has 1 saturated heterocycles. The molecule has 0 radical (unpaired) electrons. The summed E-state index contributed by atoms with van der Waals surface area (Å²) in [6.45, 7) is 3.22. The molecule has 1 N–H and O–H groups in total. The molecule has 1 fully saturated rings. The van der Waals surface area contributed by atoms with Gasteiger partial charge in [0.2, 0.25) is 5.91 Å². The average Bonchev–Trinajstić information content (AvgIpc) is 2.88. The summed E-state index contributed by atoms with van der Waals surface area (Å²) < 4.78 is 1.94. The molecule has 0 bridgehead atoms. The van der Waals surface area contributed by atoms with Crippen LogP contribution in [-0.2, 0) is 11.2 Å². The Balaban J connectivity index is 1.65. The summed E-state index contributed by atoms with van der Waals surface area (Å²) in [5.41, 5.74) is 0.185. The SMILES string of the molecule is CC1(O)CCCN(C(=O)Cc2cn3ccsc3n2)CC1. The van der Waals surface area contributed by atoms with E-state index in [1.807, 2.05) is 34.0 Å². The van der Waals surface area contributed by atoms with Crippen molar-refractivity contribution in [2.45, 2.75) is 38.2 Å². The first-order valence-corrected chi connectivity index (χ1v) is 7.83. The summed E-state index contributed by atoms with van der Waals surface area (Å²) >= 11 is 1.57. The minimum atomic E-state index is -0.633. The van der Waals surface area contributed by atoms with Crippen LogP contribution >= 0.6 is 11.3 Å². The highest BCUT2D eigenvalue weighted by Crippen LogP contribution is 2.22. The minimum Gasteiger partial charge on any atom is -0.390 e. The molecule has 108 valence electrons. The van der Waals surface area contributed by atoms with Crippen molar-refractivity contribution < 1.29 is 9.90 Å². The van der Waals surface area contributed by atoms with E-state index in [-0.39, 0.29) is 5.91 Å². The van der Waals surface area contributed by atoms with Crippen LogP contribution < -0.4 is 0 Å². The Hall–Kier alpha value is -1.40. The van der Waals surface area contributed by atoms with Gasteiger partial charge in [0, 0.05) is 30.9 Å². The van der Waals surface area contributed by atoms with E-state index in [9.17, 15) is 9.90 Å². The number of imidazole rings is 1. The second-order valence-corrected chi connectivity index (χ2v) is 6.61. The van der Waals surface area contributed by atoms with Crippen molar-refractivity contribution in [1.82, 2.24) is 14.3 Å². The van der Waals surface area contributed by atoms with Crippen LogP contribution in [0, 0.1) is 0 Å². The molecule has 0 spiro atoms. The zero-order valence-electron chi connectivity index (χ0n) is 11.6. The van der Waals surface area contributed by atoms with E-state index in [0.29, 0.717) is 19.4 Å². The summed E-state index contributed by atoms with van der Waals surface area (Å²) in [6.07, 6.45) is 6.48. The average molecular weight is 293 g/mol. The number of carbonyl (C=O) groups excluding carboxylic acids is 1. The van der Waals surface area contributed by atoms with Gasteiger partial charge in [-0.3, -0.25) is 9.20 Å². The molecule has 6 heteroatoms. The number of aliphatic hydroxyl groups is 1. The van der Waals surface area contributed by atoms with Crippen LogP contribution in [0.1, 0.15) is 31.9 Å². The van der Waals surface area contributed by atoms with E-state index in [2.05, 4.69) is 4.98 Å². The van der Waals surface area contributed by atoms with Gasteiger partial charge in [0.15, 0.2) is 4.96 Å². The Labute approximate surface area is 121 Å². The highest BCUT2D eigenvalue weighted by molar-refractivity contribution is 7.15. The first-order chi connectivity index (χ1) is 9.53. The topological polar surface area (TPSA) is 57.8 Å². The molecule has 1 aliphatic heterocycles. The van der Waals surface area contributed by atoms with Gasteiger partial charge in [0.05, 0.1) is 17.7 Å². The smallest absolute Gasteiger partial charge is 0.228 e. The molecular weight excluding hydrogens is 274 g/mol. The fraction of sp³-hybridized carbons (Fsp3) is 0.571. The number of amides is 1. The van der Waals surface area contributed by atoms with Crippen molar-refractivity contribution in [3.63, 3.8) is 0 Å². The maximum absolute atomic E-state index is 12.3. The van der Waals surface area contributed by atoms with Crippen molar-refractivity contribution >= 4 is 22.2 Å². The fourth-order valence-electron chi connectivity index (χ4n) is 2.64. The summed E-state index contributed by atoms with van der Waals surface area (Å²) in [7, 11) is 0. The fourth-order valence-corrected chi connectivity index (χ4v) is 3.36. The molecule has 20 heavy (non-hydrogen) atoms. The molecule has 3 heterocycles. The molecule has 1 unspecified atom stereocenters. The molecule has 1 atom stereocenters. The maximum atomic E-state index is 12.3. The summed E-state index contributed by atoms with van der Waals surface area (Å²) in [6, 6.07) is 0. The van der Waals surface area contributed by atoms with Crippen molar-refractivity contribution in [1.29, 1.82) is 0 Å². The van der Waals surface area contributed by atoms with Gasteiger partial charge >= 0.3 is 0 Å². The van der Waals surface area contributed by atoms with Crippen molar-refractivity contribution in [3.05, 3.63) is 23.5 Å². The number of carbonyl (C=O) groups is 1. The van der Waals surface area contributed by atoms with Gasteiger partial charge in [-0.05, 0) is 26.2 Å². The molecule has 0 aromatic carbocycles. The van der Waals surface area contributed by atoms with Gasteiger partial charge in [-0.2, -0.15) is 0 Å². The Morgan fingerprint density at radius 1 is 1.50 bits per heavy atom. The number of fused-ring (bicyclic) bond motifs is 1. The summed E-state index contributed by atoms with van der Waals surface area (Å²) in [5, 5.41) is 12.0. The van der Waals surface area contributed by atoms with Crippen LogP contribution in [0.4, 0.5) is 0 Å². The monoisotopic (exact) mass is 293 g/mol. The van der Waals surface area contributed by atoms with E-state index in [1.54, 1.807) is 11.3 Å². The van der Waals surface area contributed by atoms with E-state index >= 15 is 0 Å². The highest BCUT2D eigenvalue weighted by atomic mass is 32.1. The molecule has 0 aliphatic carbocycles. The Morgan fingerprint density at radius 2 is 2.35 bits per heavy atom. The second-order valence-electron chi connectivity index (χ2n) is 5.73. The van der Waals surface area contributed by atoms with Crippen LogP contribution in [0.2, 0.25) is 0 Å². The van der Waals surface area contributed by atoms with Crippen LogP contribution in [0.15, 0.2) is 17.8 Å². The standard InChI is InChI=1S/C14H19N3O2S/c1-14(19)3-2-5-16(6-4-14)12(18)9-11-10-17-7-8-20-13(17)15-11/h7-8,10,19H,2-6,9H2,1H3. The number of nitrogens with zero attached hydrogens (tertiary/aromatic N) is 3. The highest BCUT2D eigenvalue weighted by Gasteiger charge is 2.27. The predicted molar refractivity (Wildman–Crippen MR) is 77.8 cm³/mol. The molecule has 5 nitrogen and oxygen atoms in total. The lowest BCUT2D eigenvalue weighted by Gasteiger charge is -2.22. The third-order valence-electron chi connectivity index (χ3n) is 3.89. The van der Waals surface area contributed by atoms with Crippen molar-refractivity contribution in [2.24, 2.45) is 0 Å². The molecule has 0 saturated carbocycles. The van der Waals surface area contributed by atoms with Crippen LogP contribution in [-0.4, -0.2) is 44.0 Å². The van der Waals surface area contributed by atoms with Gasteiger partial charge in [-0.15, -0.1) is 11.3 Å². The quantitative estimate of drug-likeness (QED) is 0.917.